The molecule has 17 heavy (non-hydrogen) atoms. The van der Waals surface area contributed by atoms with Crippen LogP contribution in [0.15, 0.2) is 0 Å². The summed E-state index contributed by atoms with van der Waals surface area (Å²) in [5, 5.41) is 0. The molecule has 0 aliphatic heterocycles. The molecule has 3 aliphatic rings. The number of carbonyl (C=O) groups excluding carboxylic acids is 1. The quantitative estimate of drug-likeness (QED) is 0.617. The lowest BCUT2D eigenvalue weighted by Crippen LogP contribution is -2.33. The van der Waals surface area contributed by atoms with E-state index >= 15 is 0 Å². The Labute approximate surface area is 105 Å². The molecule has 3 aliphatic carbocycles. The van der Waals surface area contributed by atoms with E-state index in [2.05, 4.69) is 27.7 Å². The van der Waals surface area contributed by atoms with E-state index in [9.17, 15) is 4.79 Å². The largest absolute Gasteiger partial charge is 0.299 e. The Hall–Kier alpha value is -0.330. The van der Waals surface area contributed by atoms with Crippen molar-refractivity contribution in [3.8, 4) is 0 Å². The molecule has 0 aromatic carbocycles. The molecule has 0 heterocycles. The maximum absolute atomic E-state index is 12.9. The fourth-order valence-corrected chi connectivity index (χ4v) is 5.39. The first kappa shape index (κ1) is 11.7. The van der Waals surface area contributed by atoms with Crippen LogP contribution >= 0.6 is 0 Å². The molecule has 0 amide bonds. The van der Waals surface area contributed by atoms with Gasteiger partial charge in [0.15, 0.2) is 0 Å². The van der Waals surface area contributed by atoms with Crippen LogP contribution in [-0.2, 0) is 4.79 Å². The van der Waals surface area contributed by atoms with Crippen LogP contribution in [0.5, 0.6) is 0 Å². The number of hydrogen-bond donors (Lipinski definition) is 0. The molecule has 3 fully saturated rings. The summed E-state index contributed by atoms with van der Waals surface area (Å²) in [6.45, 7) is 9.46. The minimum Gasteiger partial charge on any atom is -0.299 e. The molecular formula is C16H26O. The van der Waals surface area contributed by atoms with Crippen LogP contribution in [0.4, 0.5) is 0 Å². The van der Waals surface area contributed by atoms with E-state index in [-0.39, 0.29) is 5.41 Å². The minimum absolute atomic E-state index is 0.108. The third-order valence-corrected chi connectivity index (χ3v) is 6.19. The molecule has 1 heteroatoms. The average Bonchev–Trinajstić information content (AvgIpc) is 2.60. The Bertz CT molecular complexity index is 357. The summed E-state index contributed by atoms with van der Waals surface area (Å²) in [6, 6.07) is 0. The van der Waals surface area contributed by atoms with Crippen LogP contribution in [0.3, 0.4) is 0 Å². The summed E-state index contributed by atoms with van der Waals surface area (Å²) in [5.74, 6) is 3.11. The molecule has 96 valence electrons. The average molecular weight is 234 g/mol. The van der Waals surface area contributed by atoms with Crippen LogP contribution < -0.4 is 0 Å². The summed E-state index contributed by atoms with van der Waals surface area (Å²) >= 11 is 0. The molecule has 0 radical (unpaired) electrons. The van der Waals surface area contributed by atoms with Crippen molar-refractivity contribution < 1.29 is 4.79 Å². The molecule has 0 unspecified atom stereocenters. The monoisotopic (exact) mass is 234 g/mol. The second-order valence-corrected chi connectivity index (χ2v) is 8.00. The first-order valence-electron chi connectivity index (χ1n) is 7.40. The number of fused-ring (bicyclic) bond motifs is 1. The Morgan fingerprint density at radius 2 is 1.76 bits per heavy atom. The summed E-state index contributed by atoms with van der Waals surface area (Å²) < 4.78 is 0. The molecule has 0 saturated heterocycles. The summed E-state index contributed by atoms with van der Waals surface area (Å²) in [6.07, 6.45) is 6.09. The minimum atomic E-state index is 0.108. The molecule has 2 bridgehead atoms. The Kier molecular flexibility index (Phi) is 2.32. The van der Waals surface area contributed by atoms with E-state index in [1.54, 1.807) is 0 Å². The molecular weight excluding hydrogens is 208 g/mol. The first-order chi connectivity index (χ1) is 7.86. The van der Waals surface area contributed by atoms with Gasteiger partial charge in [-0.1, -0.05) is 27.7 Å². The summed E-state index contributed by atoms with van der Waals surface area (Å²) in [5.41, 5.74) is 0.483. The number of rotatable bonds is 0. The highest BCUT2D eigenvalue weighted by Gasteiger charge is 2.62. The van der Waals surface area contributed by atoms with Crippen molar-refractivity contribution in [1.29, 1.82) is 0 Å². The molecule has 0 aromatic rings. The Morgan fingerprint density at radius 1 is 1.06 bits per heavy atom. The predicted molar refractivity (Wildman–Crippen MR) is 69.6 cm³/mol. The highest BCUT2D eigenvalue weighted by Crippen LogP contribution is 2.64. The molecule has 3 rings (SSSR count). The second-order valence-electron chi connectivity index (χ2n) is 8.00. The van der Waals surface area contributed by atoms with Gasteiger partial charge in [0.2, 0.25) is 0 Å². The van der Waals surface area contributed by atoms with Crippen molar-refractivity contribution in [2.24, 2.45) is 34.5 Å². The third-order valence-electron chi connectivity index (χ3n) is 6.19. The SMILES string of the molecule is C[C@@H]1C[C@@]23CC[C@@H](C)[C@@H]2CC(C)(C)C[C@@H]1C3=O. The molecule has 0 N–H and O–H groups in total. The van der Waals surface area contributed by atoms with Gasteiger partial charge in [0.1, 0.15) is 5.78 Å². The van der Waals surface area contributed by atoms with Gasteiger partial charge in [-0.15, -0.1) is 0 Å². The van der Waals surface area contributed by atoms with Crippen LogP contribution in [0.1, 0.15) is 59.8 Å². The molecule has 1 nitrogen and oxygen atoms in total. The van der Waals surface area contributed by atoms with Gasteiger partial charge >= 0.3 is 0 Å². The first-order valence-corrected chi connectivity index (χ1v) is 7.40. The summed E-state index contributed by atoms with van der Waals surface area (Å²) in [4.78, 5) is 12.9. The zero-order chi connectivity index (χ0) is 12.4. The number of ketones is 1. The van der Waals surface area contributed by atoms with E-state index in [1.165, 1.54) is 25.7 Å². The summed E-state index contributed by atoms with van der Waals surface area (Å²) in [7, 11) is 0. The van der Waals surface area contributed by atoms with E-state index in [0.29, 0.717) is 29.0 Å². The van der Waals surface area contributed by atoms with E-state index in [4.69, 9.17) is 0 Å². The van der Waals surface area contributed by atoms with Gasteiger partial charge < -0.3 is 0 Å². The van der Waals surface area contributed by atoms with Crippen molar-refractivity contribution in [2.75, 3.05) is 0 Å². The molecule has 3 saturated carbocycles. The number of carbonyl (C=O) groups is 1. The van der Waals surface area contributed by atoms with E-state index in [0.717, 1.165) is 12.3 Å². The van der Waals surface area contributed by atoms with E-state index < -0.39 is 0 Å². The zero-order valence-corrected chi connectivity index (χ0v) is 11.8. The van der Waals surface area contributed by atoms with Crippen molar-refractivity contribution in [2.45, 2.75) is 59.8 Å². The van der Waals surface area contributed by atoms with Gasteiger partial charge in [0, 0.05) is 11.3 Å². The van der Waals surface area contributed by atoms with Crippen molar-refractivity contribution in [3.05, 3.63) is 0 Å². The van der Waals surface area contributed by atoms with Crippen LogP contribution in [0.25, 0.3) is 0 Å². The van der Waals surface area contributed by atoms with Crippen molar-refractivity contribution >= 4 is 5.78 Å². The number of hydrogen-bond acceptors (Lipinski definition) is 1. The highest BCUT2D eigenvalue weighted by atomic mass is 16.1. The lowest BCUT2D eigenvalue weighted by Gasteiger charge is -2.37. The van der Waals surface area contributed by atoms with Crippen molar-refractivity contribution in [1.82, 2.24) is 0 Å². The smallest absolute Gasteiger partial charge is 0.142 e. The molecule has 1 spiro atoms. The topological polar surface area (TPSA) is 17.1 Å². The molecule has 5 atom stereocenters. The van der Waals surface area contributed by atoms with Crippen LogP contribution in [0, 0.1) is 34.5 Å². The highest BCUT2D eigenvalue weighted by molar-refractivity contribution is 5.90. The third kappa shape index (κ3) is 1.47. The lowest BCUT2D eigenvalue weighted by atomic mass is 9.67. The van der Waals surface area contributed by atoms with E-state index in [1.807, 2.05) is 0 Å². The van der Waals surface area contributed by atoms with Gasteiger partial charge in [-0.3, -0.25) is 4.79 Å². The number of Topliss-reactive ketones (excluding diaryl/α,β-unsaturated/α-hetero) is 1. The Balaban J connectivity index is 2.07. The normalized spacial score (nSPS) is 52.4. The lowest BCUT2D eigenvalue weighted by molar-refractivity contribution is -0.130. The van der Waals surface area contributed by atoms with Gasteiger partial charge in [0.05, 0.1) is 0 Å². The fraction of sp³-hybridized carbons (Fsp3) is 0.938. The van der Waals surface area contributed by atoms with Gasteiger partial charge in [-0.25, -0.2) is 0 Å². The second kappa shape index (κ2) is 3.36. The van der Waals surface area contributed by atoms with Crippen LogP contribution in [-0.4, -0.2) is 5.78 Å². The standard InChI is InChI=1S/C16H26O/c1-10-5-6-16-7-11(2)12(14(16)17)8-15(3,4)9-13(10)16/h10-13H,5-9H2,1-4H3/t10-,11-,12+,13+,16+/m1/s1. The van der Waals surface area contributed by atoms with Crippen LogP contribution in [0.2, 0.25) is 0 Å². The Morgan fingerprint density at radius 3 is 2.47 bits per heavy atom. The van der Waals surface area contributed by atoms with Crippen molar-refractivity contribution in [3.63, 3.8) is 0 Å². The van der Waals surface area contributed by atoms with Gasteiger partial charge in [0.25, 0.3) is 0 Å². The predicted octanol–water partition coefficient (Wildman–Crippen LogP) is 4.06. The fourth-order valence-electron chi connectivity index (χ4n) is 5.39. The van der Waals surface area contributed by atoms with Gasteiger partial charge in [-0.05, 0) is 55.3 Å². The molecule has 0 aromatic heterocycles. The maximum atomic E-state index is 12.9. The van der Waals surface area contributed by atoms with Gasteiger partial charge in [-0.2, -0.15) is 0 Å². The maximum Gasteiger partial charge on any atom is 0.142 e. The zero-order valence-electron chi connectivity index (χ0n) is 11.8.